The Hall–Kier alpha value is -4.37. The molecule has 1 radical (unpaired) electrons. The summed E-state index contributed by atoms with van der Waals surface area (Å²) in [6.07, 6.45) is 4.88. The number of hydrogen-bond acceptors (Lipinski definition) is 2. The standard InChI is InChI=1S/C22H21N2.C19H16N.Ir/c1-15(2)14-24-21-7-5-4-6-18(21)19-12-17(9-11-22(19)24)20-10-8-16(3)13-23-20;1-2-15-13-19(17-11-7-4-8-12-17)20-14-18(15)16-9-5-3-6-10-16;/h4-8,10-13,15H,14H2,1-3H3;3-11,13-14H,2H2,1H3;/q2*-1;. The molecule has 0 spiro atoms. The van der Waals surface area contributed by atoms with E-state index in [9.17, 15) is 0 Å². The molecule has 3 heterocycles. The molecule has 0 amide bonds. The number of fused-ring (bicyclic) bond motifs is 3. The first kappa shape index (κ1) is 32.0. The predicted molar refractivity (Wildman–Crippen MR) is 184 cm³/mol. The molecule has 0 atom stereocenters. The van der Waals surface area contributed by atoms with E-state index in [0.29, 0.717) is 5.92 Å². The molecule has 0 N–H and O–H groups in total. The van der Waals surface area contributed by atoms with Crippen LogP contribution in [-0.4, -0.2) is 14.5 Å². The minimum absolute atomic E-state index is 0. The van der Waals surface area contributed by atoms with Crippen LogP contribution in [0.4, 0.5) is 0 Å². The monoisotopic (exact) mass is 764 g/mol. The fourth-order valence-corrected chi connectivity index (χ4v) is 5.69. The maximum atomic E-state index is 4.60. The first-order valence-electron chi connectivity index (χ1n) is 15.4. The van der Waals surface area contributed by atoms with Gasteiger partial charge in [0.25, 0.3) is 0 Å². The zero-order valence-corrected chi connectivity index (χ0v) is 28.6. The Morgan fingerprint density at radius 1 is 0.711 bits per heavy atom. The summed E-state index contributed by atoms with van der Waals surface area (Å²) in [4.78, 5) is 9.16. The van der Waals surface area contributed by atoms with Gasteiger partial charge < -0.3 is 14.5 Å². The van der Waals surface area contributed by atoms with Crippen molar-refractivity contribution in [3.8, 4) is 33.6 Å². The van der Waals surface area contributed by atoms with Crippen molar-refractivity contribution in [3.63, 3.8) is 0 Å². The molecule has 7 aromatic rings. The van der Waals surface area contributed by atoms with E-state index in [1.807, 2.05) is 42.7 Å². The van der Waals surface area contributed by atoms with Crippen molar-refractivity contribution >= 4 is 21.8 Å². The van der Waals surface area contributed by atoms with E-state index in [4.69, 9.17) is 0 Å². The van der Waals surface area contributed by atoms with Crippen LogP contribution in [0.2, 0.25) is 0 Å². The zero-order chi connectivity index (χ0) is 30.5. The Kier molecular flexibility index (Phi) is 10.4. The Bertz CT molecular complexity index is 1990. The molecule has 7 rings (SSSR count). The number of rotatable bonds is 6. The third-order valence-corrected chi connectivity index (χ3v) is 7.88. The fourth-order valence-electron chi connectivity index (χ4n) is 5.69. The maximum Gasteiger partial charge on any atom is 0.0391 e. The van der Waals surface area contributed by atoms with Gasteiger partial charge in [-0.1, -0.05) is 92.9 Å². The van der Waals surface area contributed by atoms with E-state index in [1.165, 1.54) is 44.1 Å². The molecule has 0 bridgehead atoms. The van der Waals surface area contributed by atoms with Crippen LogP contribution in [0.3, 0.4) is 0 Å². The average molecular weight is 764 g/mol. The normalized spacial score (nSPS) is 10.9. The second-order valence-electron chi connectivity index (χ2n) is 11.6. The summed E-state index contributed by atoms with van der Waals surface area (Å²) in [5.41, 5.74) is 11.5. The van der Waals surface area contributed by atoms with Crippen LogP contribution < -0.4 is 0 Å². The van der Waals surface area contributed by atoms with Gasteiger partial charge in [-0.2, -0.15) is 0 Å². The Morgan fingerprint density at radius 2 is 1.47 bits per heavy atom. The van der Waals surface area contributed by atoms with Crippen LogP contribution in [0, 0.1) is 25.0 Å². The van der Waals surface area contributed by atoms with Gasteiger partial charge in [-0.15, -0.1) is 59.7 Å². The van der Waals surface area contributed by atoms with Crippen molar-refractivity contribution in [2.75, 3.05) is 0 Å². The first-order valence-corrected chi connectivity index (χ1v) is 15.4. The number of benzene rings is 4. The number of aromatic nitrogens is 3. The molecule has 4 aromatic carbocycles. The molecule has 0 fully saturated rings. The molecule has 45 heavy (non-hydrogen) atoms. The van der Waals surface area contributed by atoms with Crippen LogP contribution in [0.15, 0.2) is 122 Å². The Morgan fingerprint density at radius 3 is 2.18 bits per heavy atom. The van der Waals surface area contributed by atoms with Gasteiger partial charge >= 0.3 is 0 Å². The molecule has 0 unspecified atom stereocenters. The van der Waals surface area contributed by atoms with Crippen molar-refractivity contribution in [2.45, 2.75) is 40.7 Å². The van der Waals surface area contributed by atoms with Crippen molar-refractivity contribution < 1.29 is 20.1 Å². The SMILES string of the molecule is CCc1cc(-c2[c-]cccc2)ncc1-c1ccccc1.Cc1ccc(-c2[c-]cc3c(c2)c2ccccc2n3CC(C)C)nc1.[Ir]. The van der Waals surface area contributed by atoms with E-state index in [1.54, 1.807) is 0 Å². The summed E-state index contributed by atoms with van der Waals surface area (Å²) in [5, 5.41) is 2.58. The molecular weight excluding hydrogens is 727 g/mol. The zero-order valence-electron chi connectivity index (χ0n) is 26.2. The summed E-state index contributed by atoms with van der Waals surface area (Å²) in [6.45, 7) is 9.77. The fraction of sp³-hybridized carbons (Fsp3) is 0.171. The van der Waals surface area contributed by atoms with E-state index >= 15 is 0 Å². The number of hydrogen-bond donors (Lipinski definition) is 0. The van der Waals surface area contributed by atoms with E-state index < -0.39 is 0 Å². The van der Waals surface area contributed by atoms with E-state index in [2.05, 4.69) is 133 Å². The van der Waals surface area contributed by atoms with Crippen molar-refractivity contribution in [3.05, 3.63) is 145 Å². The molecule has 3 aromatic heterocycles. The third kappa shape index (κ3) is 7.14. The summed E-state index contributed by atoms with van der Waals surface area (Å²) in [5.74, 6) is 0.599. The Balaban J connectivity index is 0.000000177. The van der Waals surface area contributed by atoms with Crippen LogP contribution in [-0.2, 0) is 33.1 Å². The largest absolute Gasteiger partial charge is 0.380 e. The van der Waals surface area contributed by atoms with Gasteiger partial charge in [0, 0.05) is 50.1 Å². The van der Waals surface area contributed by atoms with Gasteiger partial charge in [0.1, 0.15) is 0 Å². The molecule has 3 nitrogen and oxygen atoms in total. The minimum Gasteiger partial charge on any atom is -0.380 e. The first-order chi connectivity index (χ1) is 21.5. The summed E-state index contributed by atoms with van der Waals surface area (Å²) in [7, 11) is 0. The predicted octanol–water partition coefficient (Wildman–Crippen LogP) is 10.4. The van der Waals surface area contributed by atoms with Gasteiger partial charge in [-0.05, 0) is 64.3 Å². The number of pyridine rings is 2. The smallest absolute Gasteiger partial charge is 0.0391 e. The third-order valence-electron chi connectivity index (χ3n) is 7.88. The van der Waals surface area contributed by atoms with Gasteiger partial charge in [0.2, 0.25) is 0 Å². The molecule has 0 aliphatic carbocycles. The molecule has 0 aliphatic rings. The second kappa shape index (κ2) is 14.6. The van der Waals surface area contributed by atoms with Crippen molar-refractivity contribution in [1.29, 1.82) is 0 Å². The molecule has 0 aliphatic heterocycles. The average Bonchev–Trinajstić information content (AvgIpc) is 3.38. The van der Waals surface area contributed by atoms with Crippen LogP contribution in [0.1, 0.15) is 31.9 Å². The molecule has 0 saturated carbocycles. The van der Waals surface area contributed by atoms with Crippen LogP contribution in [0.5, 0.6) is 0 Å². The number of aryl methyl sites for hydroxylation is 2. The van der Waals surface area contributed by atoms with Crippen LogP contribution in [0.25, 0.3) is 55.4 Å². The van der Waals surface area contributed by atoms with Crippen molar-refractivity contribution in [1.82, 2.24) is 14.5 Å². The second-order valence-corrected chi connectivity index (χ2v) is 11.6. The maximum absolute atomic E-state index is 4.60. The summed E-state index contributed by atoms with van der Waals surface area (Å²) < 4.78 is 2.41. The van der Waals surface area contributed by atoms with Gasteiger partial charge in [0.15, 0.2) is 0 Å². The minimum atomic E-state index is 0. The molecular formula is C41H37IrN3-2. The van der Waals surface area contributed by atoms with Gasteiger partial charge in [-0.3, -0.25) is 0 Å². The van der Waals surface area contributed by atoms with Crippen molar-refractivity contribution in [2.24, 2.45) is 5.92 Å². The van der Waals surface area contributed by atoms with Gasteiger partial charge in [-0.25, -0.2) is 0 Å². The number of nitrogens with zero attached hydrogens (tertiary/aromatic N) is 3. The number of para-hydroxylation sites is 1. The van der Waals surface area contributed by atoms with Crippen LogP contribution >= 0.6 is 0 Å². The Labute approximate surface area is 280 Å². The molecule has 227 valence electrons. The summed E-state index contributed by atoms with van der Waals surface area (Å²) >= 11 is 0. The van der Waals surface area contributed by atoms with Gasteiger partial charge in [0.05, 0.1) is 0 Å². The quantitative estimate of drug-likeness (QED) is 0.158. The molecule has 0 saturated heterocycles. The molecule has 4 heteroatoms. The topological polar surface area (TPSA) is 30.7 Å². The van der Waals surface area contributed by atoms with E-state index in [0.717, 1.165) is 35.5 Å². The summed E-state index contributed by atoms with van der Waals surface area (Å²) in [6, 6.07) is 44.4. The van der Waals surface area contributed by atoms with E-state index in [-0.39, 0.29) is 20.1 Å².